The molecule has 0 heterocycles. The number of carboxylic acid groups (broad SMARTS) is 1. The van der Waals surface area contributed by atoms with Gasteiger partial charge in [-0.3, -0.25) is 0 Å². The number of carboxylic acids is 1. The number of hydrogen-bond acceptors (Lipinski definition) is 2. The van der Waals surface area contributed by atoms with Gasteiger partial charge in [0.05, 0.1) is 0 Å². The van der Waals surface area contributed by atoms with E-state index in [4.69, 9.17) is 9.84 Å². The lowest BCUT2D eigenvalue weighted by Crippen LogP contribution is -2.26. The molecule has 1 atom stereocenters. The first-order chi connectivity index (χ1) is 8.74. The lowest BCUT2D eigenvalue weighted by molar-refractivity contribution is -0.150. The Bertz CT molecular complexity index is 335. The quantitative estimate of drug-likeness (QED) is 0.684. The topological polar surface area (TPSA) is 46.5 Å². The molecular weight excluding hydrogens is 228 g/mol. The van der Waals surface area contributed by atoms with Crippen LogP contribution in [0.1, 0.15) is 38.2 Å². The van der Waals surface area contributed by atoms with Crippen LogP contribution in [0, 0.1) is 0 Å². The molecule has 3 nitrogen and oxygen atoms in total. The highest BCUT2D eigenvalue weighted by molar-refractivity contribution is 5.72. The minimum absolute atomic E-state index is 0.434. The van der Waals surface area contributed by atoms with Gasteiger partial charge in [-0.1, -0.05) is 56.5 Å². The number of carbonyl (C=O) groups is 1. The number of unbranched alkanes of at least 4 members (excludes halogenated alkanes) is 3. The summed E-state index contributed by atoms with van der Waals surface area (Å²) in [4.78, 5) is 11.1. The predicted octanol–water partition coefficient (Wildman–Crippen LogP) is 3.28. The summed E-state index contributed by atoms with van der Waals surface area (Å²) in [6.45, 7) is 2.68. The fraction of sp³-hybridized carbons (Fsp3) is 0.533. The second-order valence-corrected chi connectivity index (χ2v) is 4.45. The summed E-state index contributed by atoms with van der Waals surface area (Å²) >= 11 is 0. The number of rotatable bonds is 9. The van der Waals surface area contributed by atoms with Gasteiger partial charge < -0.3 is 9.84 Å². The molecule has 0 saturated carbocycles. The minimum Gasteiger partial charge on any atom is -0.479 e. The van der Waals surface area contributed by atoms with E-state index in [9.17, 15) is 4.79 Å². The Morgan fingerprint density at radius 3 is 2.56 bits per heavy atom. The maximum atomic E-state index is 11.1. The van der Waals surface area contributed by atoms with E-state index in [1.807, 2.05) is 30.3 Å². The third kappa shape index (κ3) is 5.82. The van der Waals surface area contributed by atoms with E-state index < -0.39 is 12.1 Å². The molecule has 0 aliphatic rings. The Balaban J connectivity index is 2.34. The van der Waals surface area contributed by atoms with Crippen LogP contribution in [0.4, 0.5) is 0 Å². The van der Waals surface area contributed by atoms with Crippen molar-refractivity contribution in [3.05, 3.63) is 35.9 Å². The molecule has 1 aromatic rings. The Labute approximate surface area is 109 Å². The van der Waals surface area contributed by atoms with Gasteiger partial charge in [-0.2, -0.15) is 0 Å². The SMILES string of the molecule is CCCCCCOC(Cc1ccccc1)C(=O)O. The van der Waals surface area contributed by atoms with Crippen molar-refractivity contribution in [2.24, 2.45) is 0 Å². The lowest BCUT2D eigenvalue weighted by atomic mass is 10.1. The Hall–Kier alpha value is -1.35. The van der Waals surface area contributed by atoms with Crippen molar-refractivity contribution >= 4 is 5.97 Å². The van der Waals surface area contributed by atoms with Gasteiger partial charge >= 0.3 is 5.97 Å². The molecule has 0 bridgehead atoms. The Morgan fingerprint density at radius 1 is 1.22 bits per heavy atom. The molecular formula is C15H22O3. The first-order valence-corrected chi connectivity index (χ1v) is 6.62. The molecule has 0 aliphatic carbocycles. The summed E-state index contributed by atoms with van der Waals surface area (Å²) < 4.78 is 5.45. The maximum Gasteiger partial charge on any atom is 0.333 e. The average Bonchev–Trinajstić information content (AvgIpc) is 2.38. The van der Waals surface area contributed by atoms with E-state index in [1.165, 1.54) is 12.8 Å². The number of aliphatic carboxylic acids is 1. The summed E-state index contributed by atoms with van der Waals surface area (Å²) in [6.07, 6.45) is 4.10. The van der Waals surface area contributed by atoms with Crippen LogP contribution in [0.3, 0.4) is 0 Å². The fourth-order valence-corrected chi connectivity index (χ4v) is 1.80. The molecule has 0 spiro atoms. The van der Waals surface area contributed by atoms with Crippen molar-refractivity contribution in [1.82, 2.24) is 0 Å². The van der Waals surface area contributed by atoms with Crippen LogP contribution in [0.5, 0.6) is 0 Å². The first-order valence-electron chi connectivity index (χ1n) is 6.62. The summed E-state index contributed by atoms with van der Waals surface area (Å²) in [7, 11) is 0. The highest BCUT2D eigenvalue weighted by atomic mass is 16.5. The van der Waals surface area contributed by atoms with Gasteiger partial charge in [0.1, 0.15) is 0 Å². The van der Waals surface area contributed by atoms with Crippen LogP contribution in [-0.2, 0) is 16.0 Å². The van der Waals surface area contributed by atoms with Crippen molar-refractivity contribution in [2.45, 2.75) is 45.1 Å². The van der Waals surface area contributed by atoms with E-state index in [0.29, 0.717) is 13.0 Å². The summed E-state index contributed by atoms with van der Waals surface area (Å²) in [6, 6.07) is 9.60. The van der Waals surface area contributed by atoms with Gasteiger partial charge in [0.15, 0.2) is 6.10 Å². The molecule has 0 aromatic heterocycles. The van der Waals surface area contributed by atoms with Gasteiger partial charge in [-0.15, -0.1) is 0 Å². The number of hydrogen-bond donors (Lipinski definition) is 1. The maximum absolute atomic E-state index is 11.1. The first kappa shape index (κ1) is 14.7. The monoisotopic (exact) mass is 250 g/mol. The molecule has 1 unspecified atom stereocenters. The third-order valence-electron chi connectivity index (χ3n) is 2.86. The minimum atomic E-state index is -0.880. The molecule has 1 N–H and O–H groups in total. The van der Waals surface area contributed by atoms with Crippen molar-refractivity contribution in [2.75, 3.05) is 6.61 Å². The Morgan fingerprint density at radius 2 is 1.94 bits per heavy atom. The molecule has 1 rings (SSSR count). The summed E-state index contributed by atoms with van der Waals surface area (Å²) in [5.41, 5.74) is 0.999. The molecule has 0 aliphatic heterocycles. The molecule has 0 fully saturated rings. The van der Waals surface area contributed by atoms with Gasteiger partial charge in [-0.05, 0) is 12.0 Å². The second-order valence-electron chi connectivity index (χ2n) is 4.45. The van der Waals surface area contributed by atoms with E-state index in [-0.39, 0.29) is 0 Å². The summed E-state index contributed by atoms with van der Waals surface area (Å²) in [5, 5.41) is 9.11. The standard InChI is InChI=1S/C15H22O3/c1-2-3-4-8-11-18-14(15(16)17)12-13-9-6-5-7-10-13/h5-7,9-10,14H,2-4,8,11-12H2,1H3,(H,16,17). The molecule has 0 saturated heterocycles. The van der Waals surface area contributed by atoms with E-state index >= 15 is 0 Å². The van der Waals surface area contributed by atoms with Gasteiger partial charge in [0.2, 0.25) is 0 Å². The molecule has 1 aromatic carbocycles. The van der Waals surface area contributed by atoms with Crippen molar-refractivity contribution in [3.8, 4) is 0 Å². The van der Waals surface area contributed by atoms with Crippen molar-refractivity contribution in [1.29, 1.82) is 0 Å². The zero-order valence-corrected chi connectivity index (χ0v) is 11.0. The van der Waals surface area contributed by atoms with E-state index in [1.54, 1.807) is 0 Å². The summed E-state index contributed by atoms with van der Waals surface area (Å²) in [5.74, 6) is -0.880. The zero-order chi connectivity index (χ0) is 13.2. The van der Waals surface area contributed by atoms with E-state index in [2.05, 4.69) is 6.92 Å². The van der Waals surface area contributed by atoms with Crippen LogP contribution in [-0.4, -0.2) is 23.8 Å². The average molecular weight is 250 g/mol. The Kier molecular flexibility index (Phi) is 7.11. The van der Waals surface area contributed by atoms with E-state index in [0.717, 1.165) is 18.4 Å². The number of benzene rings is 1. The highest BCUT2D eigenvalue weighted by Gasteiger charge is 2.18. The van der Waals surface area contributed by atoms with Gasteiger partial charge in [0, 0.05) is 13.0 Å². The number of ether oxygens (including phenoxy) is 1. The molecule has 3 heteroatoms. The third-order valence-corrected chi connectivity index (χ3v) is 2.86. The van der Waals surface area contributed by atoms with Crippen LogP contribution >= 0.6 is 0 Å². The van der Waals surface area contributed by atoms with Crippen LogP contribution in [0.2, 0.25) is 0 Å². The van der Waals surface area contributed by atoms with Gasteiger partial charge in [0.25, 0.3) is 0 Å². The van der Waals surface area contributed by atoms with Crippen molar-refractivity contribution in [3.63, 3.8) is 0 Å². The molecule has 0 radical (unpaired) electrons. The largest absolute Gasteiger partial charge is 0.479 e. The second kappa shape index (κ2) is 8.70. The van der Waals surface area contributed by atoms with Crippen LogP contribution in [0.15, 0.2) is 30.3 Å². The molecule has 18 heavy (non-hydrogen) atoms. The zero-order valence-electron chi connectivity index (χ0n) is 11.0. The molecule has 0 amide bonds. The lowest BCUT2D eigenvalue weighted by Gasteiger charge is -2.13. The predicted molar refractivity (Wildman–Crippen MR) is 71.7 cm³/mol. The normalized spacial score (nSPS) is 12.3. The smallest absolute Gasteiger partial charge is 0.333 e. The van der Waals surface area contributed by atoms with Crippen LogP contribution in [0.25, 0.3) is 0 Å². The highest BCUT2D eigenvalue weighted by Crippen LogP contribution is 2.08. The van der Waals surface area contributed by atoms with Crippen LogP contribution < -0.4 is 0 Å². The molecule has 100 valence electrons. The fourth-order valence-electron chi connectivity index (χ4n) is 1.80. The van der Waals surface area contributed by atoms with Crippen molar-refractivity contribution < 1.29 is 14.6 Å². The van der Waals surface area contributed by atoms with Gasteiger partial charge in [-0.25, -0.2) is 4.79 Å².